The van der Waals surface area contributed by atoms with Crippen molar-refractivity contribution in [1.82, 2.24) is 9.55 Å². The van der Waals surface area contributed by atoms with Gasteiger partial charge >= 0.3 is 5.97 Å². The third kappa shape index (κ3) is 3.29. The molecule has 0 saturated carbocycles. The minimum atomic E-state index is -1.30. The van der Waals surface area contributed by atoms with Gasteiger partial charge in [0.1, 0.15) is 11.6 Å². The number of hydrogen-bond acceptors (Lipinski definition) is 3. The molecule has 1 unspecified atom stereocenters. The van der Waals surface area contributed by atoms with E-state index in [0.29, 0.717) is 12.2 Å². The van der Waals surface area contributed by atoms with Crippen molar-refractivity contribution in [2.24, 2.45) is 7.05 Å². The normalized spacial score (nSPS) is 12.6. The Balaban J connectivity index is 2.38. The molecule has 5 nitrogen and oxygen atoms in total. The Morgan fingerprint density at radius 2 is 2.43 bits per heavy atom. The van der Waals surface area contributed by atoms with Gasteiger partial charge in [-0.05, 0) is 0 Å². The van der Waals surface area contributed by atoms with Crippen molar-refractivity contribution in [2.45, 2.75) is 6.42 Å². The van der Waals surface area contributed by atoms with Crippen LogP contribution in [0.15, 0.2) is 12.4 Å². The zero-order valence-corrected chi connectivity index (χ0v) is 8.66. The maximum absolute atomic E-state index is 11.2. The summed E-state index contributed by atoms with van der Waals surface area (Å²) in [6, 6.07) is 0. The largest absolute Gasteiger partial charge is 0.481 e. The van der Waals surface area contributed by atoms with Crippen LogP contribution in [0.1, 0.15) is 5.82 Å². The number of aromatic nitrogens is 2. The van der Waals surface area contributed by atoms with E-state index in [1.807, 2.05) is 11.6 Å². The first kappa shape index (κ1) is 10.9. The summed E-state index contributed by atoms with van der Waals surface area (Å²) in [6.45, 7) is 0. The Hall–Kier alpha value is -1.17. The van der Waals surface area contributed by atoms with E-state index in [1.165, 1.54) is 0 Å². The monoisotopic (exact) mass is 216 g/mol. The van der Waals surface area contributed by atoms with Gasteiger partial charge in [0, 0.05) is 42.4 Å². The van der Waals surface area contributed by atoms with Gasteiger partial charge in [-0.15, -0.1) is 0 Å². The summed E-state index contributed by atoms with van der Waals surface area (Å²) in [7, 11) is 0.554. The van der Waals surface area contributed by atoms with Crippen LogP contribution in [0, 0.1) is 0 Å². The van der Waals surface area contributed by atoms with Crippen LogP contribution in [0.25, 0.3) is 0 Å². The van der Waals surface area contributed by atoms with Crippen LogP contribution >= 0.6 is 0 Å². The molecule has 1 aromatic rings. The molecule has 0 aliphatic rings. The van der Waals surface area contributed by atoms with E-state index in [0.717, 1.165) is 5.82 Å². The standard InChI is InChI=1S/C8H12N2O3S/c1-10-4-3-9-7(10)2-5-14(13)6-8(11)12/h3-4H,2,5-6H2,1H3,(H,11,12). The van der Waals surface area contributed by atoms with Crippen LogP contribution < -0.4 is 0 Å². The summed E-state index contributed by atoms with van der Waals surface area (Å²) in [6.07, 6.45) is 4.01. The number of carboxylic acids is 1. The molecular weight excluding hydrogens is 204 g/mol. The summed E-state index contributed by atoms with van der Waals surface area (Å²) in [4.78, 5) is 14.3. The Bertz CT molecular complexity index is 348. The van der Waals surface area contributed by atoms with Crippen LogP contribution in [0.3, 0.4) is 0 Å². The first-order valence-electron chi connectivity index (χ1n) is 4.12. The van der Waals surface area contributed by atoms with Crippen molar-refractivity contribution in [3.8, 4) is 0 Å². The topological polar surface area (TPSA) is 72.2 Å². The Labute approximate surface area is 84.2 Å². The lowest BCUT2D eigenvalue weighted by atomic mass is 10.4. The molecule has 78 valence electrons. The van der Waals surface area contributed by atoms with Crippen molar-refractivity contribution in [3.05, 3.63) is 18.2 Å². The number of aryl methyl sites for hydroxylation is 2. The lowest BCUT2D eigenvalue weighted by molar-refractivity contribution is -0.133. The maximum atomic E-state index is 11.2. The molecule has 0 saturated heterocycles. The van der Waals surface area contributed by atoms with Gasteiger partial charge in [-0.2, -0.15) is 0 Å². The van der Waals surface area contributed by atoms with Gasteiger partial charge in [-0.1, -0.05) is 0 Å². The molecule has 1 heterocycles. The molecule has 0 aromatic carbocycles. The number of hydrogen-bond donors (Lipinski definition) is 1. The smallest absolute Gasteiger partial charge is 0.316 e. The second kappa shape index (κ2) is 4.90. The second-order valence-electron chi connectivity index (χ2n) is 2.89. The highest BCUT2D eigenvalue weighted by atomic mass is 32.2. The molecule has 0 radical (unpaired) electrons. The van der Waals surface area contributed by atoms with E-state index in [2.05, 4.69) is 4.98 Å². The molecule has 6 heteroatoms. The van der Waals surface area contributed by atoms with Crippen LogP contribution in [0.2, 0.25) is 0 Å². The minimum absolute atomic E-state index is 0.287. The Morgan fingerprint density at radius 3 is 2.93 bits per heavy atom. The van der Waals surface area contributed by atoms with Gasteiger partial charge in [0.2, 0.25) is 0 Å². The molecule has 1 rings (SSSR count). The van der Waals surface area contributed by atoms with Gasteiger partial charge in [0.05, 0.1) is 0 Å². The molecule has 14 heavy (non-hydrogen) atoms. The number of carbonyl (C=O) groups is 1. The van der Waals surface area contributed by atoms with Crippen molar-refractivity contribution < 1.29 is 14.1 Å². The fourth-order valence-corrected chi connectivity index (χ4v) is 1.88. The van der Waals surface area contributed by atoms with Crippen molar-refractivity contribution >= 4 is 16.8 Å². The fraction of sp³-hybridized carbons (Fsp3) is 0.500. The average Bonchev–Trinajstić information content (AvgIpc) is 2.46. The highest BCUT2D eigenvalue weighted by Gasteiger charge is 2.07. The van der Waals surface area contributed by atoms with E-state index < -0.39 is 16.8 Å². The van der Waals surface area contributed by atoms with E-state index >= 15 is 0 Å². The van der Waals surface area contributed by atoms with Crippen molar-refractivity contribution in [1.29, 1.82) is 0 Å². The highest BCUT2D eigenvalue weighted by molar-refractivity contribution is 7.85. The lowest BCUT2D eigenvalue weighted by Crippen LogP contribution is -2.14. The molecular formula is C8H12N2O3S. The Morgan fingerprint density at radius 1 is 1.71 bits per heavy atom. The van der Waals surface area contributed by atoms with Crippen molar-refractivity contribution in [3.63, 3.8) is 0 Å². The summed E-state index contributed by atoms with van der Waals surface area (Å²) < 4.78 is 13.0. The van der Waals surface area contributed by atoms with E-state index in [9.17, 15) is 9.00 Å². The quantitative estimate of drug-likeness (QED) is 0.739. The second-order valence-corrected chi connectivity index (χ2v) is 4.46. The predicted octanol–water partition coefficient (Wildman–Crippen LogP) is -0.204. The van der Waals surface area contributed by atoms with Crippen molar-refractivity contribution in [2.75, 3.05) is 11.5 Å². The van der Waals surface area contributed by atoms with E-state index in [4.69, 9.17) is 5.11 Å². The van der Waals surface area contributed by atoms with Crippen LogP contribution in [-0.4, -0.2) is 36.3 Å². The zero-order chi connectivity index (χ0) is 10.6. The molecule has 0 aliphatic heterocycles. The fourth-order valence-electron chi connectivity index (χ4n) is 1.05. The number of imidazole rings is 1. The molecule has 0 bridgehead atoms. The van der Waals surface area contributed by atoms with Gasteiger partial charge in [0.15, 0.2) is 0 Å². The number of aliphatic carboxylic acids is 1. The van der Waals surface area contributed by atoms with E-state index in [-0.39, 0.29) is 5.75 Å². The first-order valence-corrected chi connectivity index (χ1v) is 5.61. The SMILES string of the molecule is Cn1ccnc1CCS(=O)CC(=O)O. The minimum Gasteiger partial charge on any atom is -0.481 e. The highest BCUT2D eigenvalue weighted by Crippen LogP contribution is 1.97. The number of nitrogens with zero attached hydrogens (tertiary/aromatic N) is 2. The first-order chi connectivity index (χ1) is 6.59. The van der Waals surface area contributed by atoms with Gasteiger partial charge in [0.25, 0.3) is 0 Å². The summed E-state index contributed by atoms with van der Waals surface area (Å²) in [5.74, 6) is -0.145. The maximum Gasteiger partial charge on any atom is 0.316 e. The average molecular weight is 216 g/mol. The molecule has 1 atom stereocenters. The molecule has 0 aliphatic carbocycles. The molecule has 0 spiro atoms. The summed E-state index contributed by atoms with van der Waals surface area (Å²) >= 11 is 0. The third-order valence-corrected chi connectivity index (χ3v) is 2.99. The molecule has 1 aromatic heterocycles. The van der Waals surface area contributed by atoms with Crippen LogP contribution in [0.4, 0.5) is 0 Å². The third-order valence-electron chi connectivity index (χ3n) is 1.76. The van der Waals surface area contributed by atoms with Gasteiger partial charge in [-0.3, -0.25) is 9.00 Å². The van der Waals surface area contributed by atoms with Gasteiger partial charge in [-0.25, -0.2) is 4.98 Å². The lowest BCUT2D eigenvalue weighted by Gasteiger charge is -2.00. The molecule has 1 N–H and O–H groups in total. The van der Waals surface area contributed by atoms with Crippen LogP contribution in [0.5, 0.6) is 0 Å². The number of carboxylic acid groups (broad SMARTS) is 1. The zero-order valence-electron chi connectivity index (χ0n) is 7.84. The summed E-state index contributed by atoms with van der Waals surface area (Å²) in [5, 5.41) is 8.38. The number of rotatable bonds is 5. The van der Waals surface area contributed by atoms with E-state index in [1.54, 1.807) is 12.4 Å². The predicted molar refractivity (Wildman–Crippen MR) is 52.4 cm³/mol. The summed E-state index contributed by atoms with van der Waals surface area (Å²) in [5.41, 5.74) is 0. The van der Waals surface area contributed by atoms with Crippen LogP contribution in [-0.2, 0) is 29.1 Å². The molecule has 0 amide bonds. The van der Waals surface area contributed by atoms with Gasteiger partial charge < -0.3 is 9.67 Å². The molecule has 0 fully saturated rings. The Kier molecular flexibility index (Phi) is 3.82.